The van der Waals surface area contributed by atoms with Gasteiger partial charge in [-0.1, -0.05) is 230 Å². The summed E-state index contributed by atoms with van der Waals surface area (Å²) in [6, 6.07) is -0.655. The van der Waals surface area contributed by atoms with Crippen LogP contribution in [0.2, 0.25) is 0 Å². The summed E-state index contributed by atoms with van der Waals surface area (Å²) in [6.07, 6.45) is 63.1. The van der Waals surface area contributed by atoms with E-state index in [1.807, 2.05) is 6.08 Å². The third kappa shape index (κ3) is 47.6. The van der Waals surface area contributed by atoms with Crippen LogP contribution in [0.5, 0.6) is 0 Å². The zero-order chi connectivity index (χ0) is 45.1. The lowest BCUT2D eigenvalue weighted by Crippen LogP contribution is -2.45. The van der Waals surface area contributed by atoms with Gasteiger partial charge in [0.2, 0.25) is 5.91 Å². The molecule has 3 N–H and O–H groups in total. The van der Waals surface area contributed by atoms with Crippen molar-refractivity contribution in [2.24, 2.45) is 0 Å². The van der Waals surface area contributed by atoms with Crippen LogP contribution in [-0.2, 0) is 14.3 Å². The topological polar surface area (TPSA) is 95.9 Å². The van der Waals surface area contributed by atoms with Gasteiger partial charge in [0.05, 0.1) is 25.4 Å². The van der Waals surface area contributed by atoms with Crippen LogP contribution in [0, 0.1) is 0 Å². The van der Waals surface area contributed by atoms with Crippen LogP contribution >= 0.6 is 0 Å². The summed E-state index contributed by atoms with van der Waals surface area (Å²) in [5, 5.41) is 23.1. The largest absolute Gasteiger partial charge is 0.466 e. The van der Waals surface area contributed by atoms with E-state index in [-0.39, 0.29) is 18.5 Å². The van der Waals surface area contributed by atoms with Gasteiger partial charge < -0.3 is 20.3 Å². The second-order valence-electron chi connectivity index (χ2n) is 18.5. The van der Waals surface area contributed by atoms with E-state index >= 15 is 0 Å². The van der Waals surface area contributed by atoms with E-state index < -0.39 is 12.1 Å². The average molecular weight is 872 g/mol. The predicted molar refractivity (Wildman–Crippen MR) is 269 cm³/mol. The molecule has 0 rings (SSSR count). The Hall–Kier alpha value is -1.92. The SMILES string of the molecule is CCCC/C=C\CCCCCCCC(=O)OCCCC/C=C\CCCCCCC(=O)NC(CO)C(O)/C=C/CCCCCCCCCCCCCCCCCCCCCCCC. The van der Waals surface area contributed by atoms with Gasteiger partial charge in [0.15, 0.2) is 0 Å². The van der Waals surface area contributed by atoms with Crippen molar-refractivity contribution < 1.29 is 24.5 Å². The standard InChI is InChI=1S/C56H105NO5/c1-3-5-7-9-11-13-15-16-17-18-19-20-21-22-23-24-25-26-27-29-32-36-40-44-48-54(59)53(52-58)57-55(60)49-45-41-37-33-30-31-35-39-43-47-51-62-56(61)50-46-42-38-34-28-14-12-10-8-6-4-2/h10,12,31,35,44,48,53-54,58-59H,3-9,11,13-30,32-34,36-43,45-47,49-52H2,1-2H3,(H,57,60)/b12-10-,35-31-,48-44+. The highest BCUT2D eigenvalue weighted by molar-refractivity contribution is 5.76. The minimum Gasteiger partial charge on any atom is -0.466 e. The molecule has 0 saturated heterocycles. The molecule has 1 amide bonds. The summed E-state index contributed by atoms with van der Waals surface area (Å²) in [7, 11) is 0. The van der Waals surface area contributed by atoms with Crippen LogP contribution in [0.15, 0.2) is 36.5 Å². The zero-order valence-corrected chi connectivity index (χ0v) is 41.4. The quantitative estimate of drug-likeness (QED) is 0.0321. The summed E-state index contributed by atoms with van der Waals surface area (Å²) in [6.45, 7) is 4.78. The van der Waals surface area contributed by atoms with Crippen molar-refractivity contribution in [3.05, 3.63) is 36.5 Å². The Bertz CT molecular complexity index is 1010. The van der Waals surface area contributed by atoms with E-state index in [1.54, 1.807) is 6.08 Å². The van der Waals surface area contributed by atoms with Crippen molar-refractivity contribution in [1.29, 1.82) is 0 Å². The normalized spacial score (nSPS) is 12.9. The Morgan fingerprint density at radius 2 is 0.774 bits per heavy atom. The first-order valence-electron chi connectivity index (χ1n) is 27.3. The first kappa shape index (κ1) is 60.1. The fraction of sp³-hybridized carbons (Fsp3) is 0.857. The van der Waals surface area contributed by atoms with Crippen LogP contribution in [0.1, 0.15) is 284 Å². The van der Waals surface area contributed by atoms with Crippen LogP contribution in [0.3, 0.4) is 0 Å². The molecule has 0 fully saturated rings. The number of ether oxygens (including phenoxy) is 1. The number of rotatable bonds is 50. The fourth-order valence-corrected chi connectivity index (χ4v) is 8.14. The van der Waals surface area contributed by atoms with Gasteiger partial charge in [-0.05, 0) is 77.0 Å². The maximum Gasteiger partial charge on any atom is 0.305 e. The van der Waals surface area contributed by atoms with Gasteiger partial charge in [0, 0.05) is 12.8 Å². The minimum atomic E-state index is -0.868. The smallest absolute Gasteiger partial charge is 0.305 e. The molecule has 0 heterocycles. The average Bonchev–Trinajstić information content (AvgIpc) is 3.27. The lowest BCUT2D eigenvalue weighted by Gasteiger charge is -2.20. The summed E-state index contributed by atoms with van der Waals surface area (Å²) in [5.41, 5.74) is 0. The van der Waals surface area contributed by atoms with Crippen molar-refractivity contribution in [1.82, 2.24) is 5.32 Å². The highest BCUT2D eigenvalue weighted by Gasteiger charge is 2.18. The molecule has 0 aliphatic heterocycles. The molecule has 0 radical (unpaired) electrons. The lowest BCUT2D eigenvalue weighted by atomic mass is 10.0. The monoisotopic (exact) mass is 872 g/mol. The zero-order valence-electron chi connectivity index (χ0n) is 41.4. The number of nitrogens with one attached hydrogen (secondary N) is 1. The highest BCUT2D eigenvalue weighted by Crippen LogP contribution is 2.16. The number of carbonyl (C=O) groups excluding carboxylic acids is 2. The number of allylic oxidation sites excluding steroid dienone is 5. The molecule has 0 aromatic rings. The van der Waals surface area contributed by atoms with E-state index in [2.05, 4.69) is 43.5 Å². The maximum atomic E-state index is 12.5. The lowest BCUT2D eigenvalue weighted by molar-refractivity contribution is -0.143. The summed E-state index contributed by atoms with van der Waals surface area (Å²) in [4.78, 5) is 24.4. The van der Waals surface area contributed by atoms with E-state index in [0.717, 1.165) is 77.0 Å². The summed E-state index contributed by atoms with van der Waals surface area (Å²) < 4.78 is 5.41. The van der Waals surface area contributed by atoms with Gasteiger partial charge in [-0.2, -0.15) is 0 Å². The van der Waals surface area contributed by atoms with Crippen molar-refractivity contribution in [3.63, 3.8) is 0 Å². The van der Waals surface area contributed by atoms with Crippen molar-refractivity contribution in [3.8, 4) is 0 Å². The Morgan fingerprint density at radius 1 is 0.435 bits per heavy atom. The molecule has 0 spiro atoms. The molecule has 0 saturated carbocycles. The van der Waals surface area contributed by atoms with Gasteiger partial charge in [-0.25, -0.2) is 0 Å². The number of amides is 1. The Labute approximate surface area is 385 Å². The number of carbonyl (C=O) groups is 2. The van der Waals surface area contributed by atoms with E-state index in [4.69, 9.17) is 4.74 Å². The number of unbranched alkanes of at least 4 members (excludes halogenated alkanes) is 35. The van der Waals surface area contributed by atoms with Gasteiger partial charge in [0.1, 0.15) is 0 Å². The molecule has 62 heavy (non-hydrogen) atoms. The van der Waals surface area contributed by atoms with Crippen molar-refractivity contribution >= 4 is 11.9 Å². The number of esters is 1. The molecule has 2 unspecified atom stereocenters. The number of hydrogen-bond acceptors (Lipinski definition) is 5. The van der Waals surface area contributed by atoms with Gasteiger partial charge >= 0.3 is 5.97 Å². The third-order valence-corrected chi connectivity index (χ3v) is 12.4. The molecule has 0 bridgehead atoms. The first-order valence-corrected chi connectivity index (χ1v) is 27.3. The molecule has 6 heteroatoms. The minimum absolute atomic E-state index is 0.0494. The molecule has 0 aromatic carbocycles. The van der Waals surface area contributed by atoms with Crippen molar-refractivity contribution in [2.75, 3.05) is 13.2 Å². The molecule has 0 aliphatic carbocycles. The van der Waals surface area contributed by atoms with E-state index in [0.29, 0.717) is 19.4 Å². The number of aliphatic hydroxyl groups is 2. The highest BCUT2D eigenvalue weighted by atomic mass is 16.5. The molecule has 0 aromatic heterocycles. The second kappa shape index (κ2) is 51.7. The van der Waals surface area contributed by atoms with Gasteiger partial charge in [-0.3, -0.25) is 9.59 Å². The van der Waals surface area contributed by atoms with Crippen LogP contribution in [0.25, 0.3) is 0 Å². The van der Waals surface area contributed by atoms with E-state index in [1.165, 1.54) is 180 Å². The summed E-state index contributed by atoms with van der Waals surface area (Å²) in [5.74, 6) is -0.152. The fourth-order valence-electron chi connectivity index (χ4n) is 8.14. The Morgan fingerprint density at radius 3 is 1.19 bits per heavy atom. The third-order valence-electron chi connectivity index (χ3n) is 12.4. The van der Waals surface area contributed by atoms with E-state index in [9.17, 15) is 19.8 Å². The molecular formula is C56H105NO5. The molecular weight excluding hydrogens is 767 g/mol. The molecule has 0 aliphatic rings. The molecule has 364 valence electrons. The van der Waals surface area contributed by atoms with Gasteiger partial charge in [-0.15, -0.1) is 0 Å². The van der Waals surface area contributed by atoms with Crippen LogP contribution in [-0.4, -0.2) is 47.4 Å². The first-order chi connectivity index (χ1) is 30.5. The number of hydrogen-bond donors (Lipinski definition) is 3. The van der Waals surface area contributed by atoms with Crippen molar-refractivity contribution in [2.45, 2.75) is 296 Å². The maximum absolute atomic E-state index is 12.5. The van der Waals surface area contributed by atoms with Crippen LogP contribution in [0.4, 0.5) is 0 Å². The van der Waals surface area contributed by atoms with Crippen LogP contribution < -0.4 is 5.32 Å². The number of aliphatic hydroxyl groups excluding tert-OH is 2. The predicted octanol–water partition coefficient (Wildman–Crippen LogP) is 16.5. The second-order valence-corrected chi connectivity index (χ2v) is 18.5. The molecule has 2 atom stereocenters. The summed E-state index contributed by atoms with van der Waals surface area (Å²) >= 11 is 0. The molecule has 6 nitrogen and oxygen atoms in total. The Balaban J connectivity index is 3.56. The Kier molecular flexibility index (Phi) is 50.1. The van der Waals surface area contributed by atoms with Gasteiger partial charge in [0.25, 0.3) is 0 Å².